The van der Waals surface area contributed by atoms with Gasteiger partial charge < -0.3 is 5.32 Å². The number of rotatable bonds is 6. The van der Waals surface area contributed by atoms with Gasteiger partial charge in [-0.1, -0.05) is 23.7 Å². The highest BCUT2D eigenvalue weighted by molar-refractivity contribution is 6.30. The lowest BCUT2D eigenvalue weighted by molar-refractivity contribution is -0.117. The molecular formula is C17H16ClF2N5O. The van der Waals surface area contributed by atoms with Crippen LogP contribution in [0.1, 0.15) is 23.4 Å². The van der Waals surface area contributed by atoms with Crippen LogP contribution in [0.5, 0.6) is 0 Å². The number of carbonyl (C=O) groups excluding carboxylic acids is 1. The van der Waals surface area contributed by atoms with Gasteiger partial charge in [0.25, 0.3) is 6.43 Å². The molecule has 0 spiro atoms. The Morgan fingerprint density at radius 3 is 2.81 bits per heavy atom. The summed E-state index contributed by atoms with van der Waals surface area (Å²) >= 11 is 5.84. The van der Waals surface area contributed by atoms with Crippen LogP contribution in [0.3, 0.4) is 0 Å². The van der Waals surface area contributed by atoms with Crippen LogP contribution in [-0.2, 0) is 17.9 Å². The standard InChI is InChI=1S/C17H16ClF2N5O/c1-11-5-15(17(19)20)23-25(11)10-16(26)22-14-4-2-3-12(6-14)8-24-9-13(18)7-21-24/h2-7,9,17H,8,10H2,1H3,(H,22,26). The highest BCUT2D eigenvalue weighted by atomic mass is 35.5. The maximum Gasteiger partial charge on any atom is 0.282 e. The lowest BCUT2D eigenvalue weighted by atomic mass is 10.2. The summed E-state index contributed by atoms with van der Waals surface area (Å²) in [7, 11) is 0. The van der Waals surface area contributed by atoms with E-state index in [4.69, 9.17) is 11.6 Å². The molecule has 6 nitrogen and oxygen atoms in total. The molecule has 2 heterocycles. The summed E-state index contributed by atoms with van der Waals surface area (Å²) in [5.74, 6) is -0.351. The van der Waals surface area contributed by atoms with Crippen LogP contribution < -0.4 is 5.32 Å². The van der Waals surface area contributed by atoms with Crippen LogP contribution in [0.15, 0.2) is 42.7 Å². The number of amides is 1. The number of benzene rings is 1. The predicted octanol–water partition coefficient (Wildman–Crippen LogP) is 3.67. The van der Waals surface area contributed by atoms with Crippen molar-refractivity contribution in [3.8, 4) is 0 Å². The smallest absolute Gasteiger partial charge is 0.282 e. The predicted molar refractivity (Wildman–Crippen MR) is 93.3 cm³/mol. The first-order valence-electron chi connectivity index (χ1n) is 7.80. The quantitative estimate of drug-likeness (QED) is 0.710. The zero-order chi connectivity index (χ0) is 18.7. The van der Waals surface area contributed by atoms with E-state index in [0.717, 1.165) is 5.56 Å². The molecule has 2 aromatic heterocycles. The minimum Gasteiger partial charge on any atom is -0.324 e. The molecule has 0 aliphatic carbocycles. The first-order valence-corrected chi connectivity index (χ1v) is 8.18. The molecule has 3 aromatic rings. The summed E-state index contributed by atoms with van der Waals surface area (Å²) < 4.78 is 28.3. The topological polar surface area (TPSA) is 64.7 Å². The van der Waals surface area contributed by atoms with Crippen LogP contribution in [-0.4, -0.2) is 25.5 Å². The van der Waals surface area contributed by atoms with Crippen molar-refractivity contribution in [2.75, 3.05) is 5.32 Å². The Kier molecular flexibility index (Phi) is 5.32. The van der Waals surface area contributed by atoms with E-state index in [2.05, 4.69) is 15.5 Å². The van der Waals surface area contributed by atoms with E-state index < -0.39 is 6.43 Å². The fourth-order valence-electron chi connectivity index (χ4n) is 2.50. The second kappa shape index (κ2) is 7.65. The summed E-state index contributed by atoms with van der Waals surface area (Å²) in [6.45, 7) is 1.99. The van der Waals surface area contributed by atoms with E-state index in [9.17, 15) is 13.6 Å². The second-order valence-electron chi connectivity index (χ2n) is 5.77. The third-order valence-electron chi connectivity index (χ3n) is 3.67. The number of aromatic nitrogens is 4. The van der Waals surface area contributed by atoms with E-state index in [1.165, 1.54) is 10.7 Å². The van der Waals surface area contributed by atoms with E-state index in [1.807, 2.05) is 18.2 Å². The molecule has 0 radical (unpaired) electrons. The van der Waals surface area contributed by atoms with Crippen molar-refractivity contribution in [1.29, 1.82) is 0 Å². The fourth-order valence-corrected chi connectivity index (χ4v) is 2.65. The third kappa shape index (κ3) is 4.45. The molecule has 136 valence electrons. The highest BCUT2D eigenvalue weighted by Crippen LogP contribution is 2.18. The van der Waals surface area contributed by atoms with Gasteiger partial charge in [-0.2, -0.15) is 10.2 Å². The van der Waals surface area contributed by atoms with Gasteiger partial charge in [0.15, 0.2) is 0 Å². The number of halogens is 3. The van der Waals surface area contributed by atoms with Crippen molar-refractivity contribution in [3.63, 3.8) is 0 Å². The SMILES string of the molecule is Cc1cc(C(F)F)nn1CC(=O)Nc1cccc(Cn2cc(Cl)cn2)c1. The van der Waals surface area contributed by atoms with Gasteiger partial charge >= 0.3 is 0 Å². The van der Waals surface area contributed by atoms with Crippen LogP contribution in [0, 0.1) is 6.92 Å². The minimum atomic E-state index is -2.66. The van der Waals surface area contributed by atoms with Gasteiger partial charge in [-0.25, -0.2) is 8.78 Å². The molecule has 0 fully saturated rings. The van der Waals surface area contributed by atoms with Crippen LogP contribution in [0.4, 0.5) is 14.5 Å². The Labute approximate surface area is 153 Å². The van der Waals surface area contributed by atoms with Crippen molar-refractivity contribution in [1.82, 2.24) is 19.6 Å². The monoisotopic (exact) mass is 379 g/mol. The first-order chi connectivity index (χ1) is 12.4. The zero-order valence-electron chi connectivity index (χ0n) is 13.9. The number of nitrogens with zero attached hydrogens (tertiary/aromatic N) is 4. The molecule has 0 aliphatic heterocycles. The van der Waals surface area contributed by atoms with Gasteiger partial charge in [-0.05, 0) is 30.7 Å². The average Bonchev–Trinajstić information content (AvgIpc) is 3.14. The number of carbonyl (C=O) groups is 1. The maximum atomic E-state index is 12.7. The Morgan fingerprint density at radius 2 is 2.15 bits per heavy atom. The fraction of sp³-hybridized carbons (Fsp3) is 0.235. The van der Waals surface area contributed by atoms with Crippen molar-refractivity contribution in [2.45, 2.75) is 26.4 Å². The van der Waals surface area contributed by atoms with Crippen molar-refractivity contribution >= 4 is 23.2 Å². The van der Waals surface area contributed by atoms with Gasteiger partial charge in [0, 0.05) is 17.6 Å². The summed E-state index contributed by atoms with van der Waals surface area (Å²) in [4.78, 5) is 12.2. The molecule has 0 saturated carbocycles. The lowest BCUT2D eigenvalue weighted by Gasteiger charge is -2.09. The number of hydrogen-bond acceptors (Lipinski definition) is 3. The largest absolute Gasteiger partial charge is 0.324 e. The molecule has 0 aliphatic rings. The molecule has 1 amide bonds. The summed E-state index contributed by atoms with van der Waals surface area (Å²) in [6.07, 6.45) is 0.590. The van der Waals surface area contributed by atoms with Gasteiger partial charge in [-0.3, -0.25) is 14.2 Å². The number of aryl methyl sites for hydroxylation is 1. The molecule has 0 atom stereocenters. The zero-order valence-corrected chi connectivity index (χ0v) is 14.6. The van der Waals surface area contributed by atoms with Gasteiger partial charge in [0.1, 0.15) is 12.2 Å². The minimum absolute atomic E-state index is 0.141. The molecule has 0 unspecified atom stereocenters. The Balaban J connectivity index is 1.65. The number of nitrogens with one attached hydrogen (secondary N) is 1. The normalized spacial score (nSPS) is 11.1. The molecule has 0 saturated heterocycles. The van der Waals surface area contributed by atoms with Crippen LogP contribution in [0.25, 0.3) is 0 Å². The molecule has 1 aromatic carbocycles. The Bertz CT molecular complexity index is 922. The van der Waals surface area contributed by atoms with Gasteiger partial charge in [0.05, 0.1) is 17.8 Å². The molecule has 26 heavy (non-hydrogen) atoms. The van der Waals surface area contributed by atoms with Crippen molar-refractivity contribution in [2.24, 2.45) is 0 Å². The van der Waals surface area contributed by atoms with E-state index in [-0.39, 0.29) is 18.1 Å². The summed E-state index contributed by atoms with van der Waals surface area (Å²) in [5.41, 5.74) is 1.69. The molecule has 9 heteroatoms. The van der Waals surface area contributed by atoms with Crippen molar-refractivity contribution in [3.05, 3.63) is 64.7 Å². The molecule has 3 rings (SSSR count). The van der Waals surface area contributed by atoms with Crippen LogP contribution >= 0.6 is 11.6 Å². The van der Waals surface area contributed by atoms with Crippen LogP contribution in [0.2, 0.25) is 5.02 Å². The lowest BCUT2D eigenvalue weighted by Crippen LogP contribution is -2.20. The van der Waals surface area contributed by atoms with E-state index in [1.54, 1.807) is 30.1 Å². The third-order valence-corrected chi connectivity index (χ3v) is 3.87. The number of hydrogen-bond donors (Lipinski definition) is 1. The van der Waals surface area contributed by atoms with E-state index in [0.29, 0.717) is 22.9 Å². The Hall–Kier alpha value is -2.74. The maximum absolute atomic E-state index is 12.7. The van der Waals surface area contributed by atoms with Gasteiger partial charge in [0.2, 0.25) is 5.91 Å². The first kappa shape index (κ1) is 18.1. The number of alkyl halides is 2. The Morgan fingerprint density at radius 1 is 1.35 bits per heavy atom. The van der Waals surface area contributed by atoms with Gasteiger partial charge in [-0.15, -0.1) is 0 Å². The summed E-state index contributed by atoms with van der Waals surface area (Å²) in [5, 5.41) is 11.1. The molecular weight excluding hydrogens is 364 g/mol. The molecule has 0 bridgehead atoms. The highest BCUT2D eigenvalue weighted by Gasteiger charge is 2.15. The summed E-state index contributed by atoms with van der Waals surface area (Å²) in [6, 6.07) is 8.54. The van der Waals surface area contributed by atoms with E-state index >= 15 is 0 Å². The average molecular weight is 380 g/mol. The van der Waals surface area contributed by atoms with Crippen molar-refractivity contribution < 1.29 is 13.6 Å². The number of anilines is 1. The second-order valence-corrected chi connectivity index (χ2v) is 6.21. The molecule has 1 N–H and O–H groups in total.